The van der Waals surface area contributed by atoms with Gasteiger partial charge in [0, 0.05) is 17.8 Å². The molecule has 0 saturated heterocycles. The summed E-state index contributed by atoms with van der Waals surface area (Å²) < 4.78 is 13.1. The van der Waals surface area contributed by atoms with Gasteiger partial charge in [0.15, 0.2) is 0 Å². The Hall–Kier alpha value is -2.35. The molecule has 1 aliphatic heterocycles. The first-order chi connectivity index (χ1) is 13.6. The molecule has 4 rings (SSSR count). The lowest BCUT2D eigenvalue weighted by molar-refractivity contribution is -0.134. The highest BCUT2D eigenvalue weighted by atomic mass is 32.1. The number of carbonyl (C=O) groups is 1. The standard InChI is InChI=1S/C21H20FN3OS2/c1-24(13-15-6-8-16(22)9-7-15)14-21(26)25-18(20-5-3-11-28-20)12-17(23-25)19-4-2-10-27-19/h2-11,18H,12-14H2,1H3/t18-/m0/s1. The zero-order valence-corrected chi connectivity index (χ0v) is 17.0. The Labute approximate surface area is 171 Å². The Balaban J connectivity index is 1.49. The van der Waals surface area contributed by atoms with E-state index in [1.54, 1.807) is 39.8 Å². The lowest BCUT2D eigenvalue weighted by atomic mass is 10.1. The molecule has 0 bridgehead atoms. The van der Waals surface area contributed by atoms with Crippen LogP contribution in [0, 0.1) is 5.82 Å². The number of nitrogens with zero attached hydrogens (tertiary/aromatic N) is 3. The van der Waals surface area contributed by atoms with E-state index >= 15 is 0 Å². The summed E-state index contributed by atoms with van der Waals surface area (Å²) in [5.41, 5.74) is 1.93. The number of hydrazone groups is 1. The van der Waals surface area contributed by atoms with Crippen LogP contribution in [0.4, 0.5) is 4.39 Å². The Morgan fingerprint density at radius 2 is 1.93 bits per heavy atom. The molecule has 3 heterocycles. The third-order valence-electron chi connectivity index (χ3n) is 4.61. The molecular formula is C21H20FN3OS2. The van der Waals surface area contributed by atoms with Gasteiger partial charge in [0.1, 0.15) is 5.82 Å². The van der Waals surface area contributed by atoms with Crippen molar-refractivity contribution in [2.45, 2.75) is 19.0 Å². The van der Waals surface area contributed by atoms with Crippen molar-refractivity contribution >= 4 is 34.3 Å². The van der Waals surface area contributed by atoms with Crippen molar-refractivity contribution in [2.75, 3.05) is 13.6 Å². The minimum atomic E-state index is -0.256. The Kier molecular flexibility index (Phi) is 5.66. The third kappa shape index (κ3) is 4.22. The summed E-state index contributed by atoms with van der Waals surface area (Å²) >= 11 is 3.29. The maximum absolute atomic E-state index is 13.1. The Bertz CT molecular complexity index is 952. The molecule has 2 aromatic heterocycles. The molecule has 3 aromatic rings. The number of rotatable bonds is 6. The van der Waals surface area contributed by atoms with Gasteiger partial charge in [-0.05, 0) is 47.6 Å². The predicted molar refractivity (Wildman–Crippen MR) is 112 cm³/mol. The second kappa shape index (κ2) is 8.34. The van der Waals surface area contributed by atoms with E-state index in [1.807, 2.05) is 40.9 Å². The van der Waals surface area contributed by atoms with Gasteiger partial charge in [0.05, 0.1) is 23.2 Å². The van der Waals surface area contributed by atoms with E-state index < -0.39 is 0 Å². The predicted octanol–water partition coefficient (Wildman–Crippen LogP) is 4.76. The molecule has 0 spiro atoms. The summed E-state index contributed by atoms with van der Waals surface area (Å²) in [6.45, 7) is 0.825. The van der Waals surface area contributed by atoms with Gasteiger partial charge < -0.3 is 0 Å². The number of benzene rings is 1. The minimum Gasteiger partial charge on any atom is -0.293 e. The average Bonchev–Trinajstić information content (AvgIpc) is 3.43. The van der Waals surface area contributed by atoms with E-state index in [2.05, 4.69) is 11.2 Å². The van der Waals surface area contributed by atoms with Crippen LogP contribution < -0.4 is 0 Å². The molecule has 28 heavy (non-hydrogen) atoms. The van der Waals surface area contributed by atoms with Crippen LogP contribution in [0.25, 0.3) is 0 Å². The van der Waals surface area contributed by atoms with Crippen LogP contribution in [0.15, 0.2) is 64.4 Å². The highest BCUT2D eigenvalue weighted by Crippen LogP contribution is 2.35. The summed E-state index contributed by atoms with van der Waals surface area (Å²) in [7, 11) is 1.89. The van der Waals surface area contributed by atoms with Crippen molar-refractivity contribution < 1.29 is 9.18 Å². The second-order valence-corrected chi connectivity index (χ2v) is 8.72. The highest BCUT2D eigenvalue weighted by Gasteiger charge is 2.34. The first kappa shape index (κ1) is 19.0. The van der Waals surface area contributed by atoms with Crippen LogP contribution in [0.1, 0.15) is 27.8 Å². The molecule has 1 aromatic carbocycles. The van der Waals surface area contributed by atoms with Crippen molar-refractivity contribution in [3.63, 3.8) is 0 Å². The monoisotopic (exact) mass is 413 g/mol. The van der Waals surface area contributed by atoms with E-state index in [-0.39, 0.29) is 24.3 Å². The molecule has 1 aliphatic rings. The third-order valence-corrected chi connectivity index (χ3v) is 6.51. The van der Waals surface area contributed by atoms with Crippen LogP contribution in [0.5, 0.6) is 0 Å². The van der Waals surface area contributed by atoms with Crippen molar-refractivity contribution in [3.8, 4) is 0 Å². The molecule has 4 nitrogen and oxygen atoms in total. The minimum absolute atomic E-state index is 0.0328. The quantitative estimate of drug-likeness (QED) is 0.584. The van der Waals surface area contributed by atoms with Crippen molar-refractivity contribution in [2.24, 2.45) is 5.10 Å². The first-order valence-corrected chi connectivity index (χ1v) is 10.8. The van der Waals surface area contributed by atoms with Crippen LogP contribution in [-0.4, -0.2) is 35.1 Å². The van der Waals surface area contributed by atoms with Gasteiger partial charge in [0.2, 0.25) is 0 Å². The molecule has 0 aliphatic carbocycles. The van der Waals surface area contributed by atoms with E-state index in [1.165, 1.54) is 12.1 Å². The van der Waals surface area contributed by atoms with Crippen LogP contribution in [0.3, 0.4) is 0 Å². The summed E-state index contributed by atoms with van der Waals surface area (Å²) in [5.74, 6) is -0.289. The van der Waals surface area contributed by atoms with Crippen LogP contribution >= 0.6 is 22.7 Å². The van der Waals surface area contributed by atoms with E-state index in [9.17, 15) is 9.18 Å². The first-order valence-electron chi connectivity index (χ1n) is 9.00. The zero-order chi connectivity index (χ0) is 19.5. The van der Waals surface area contributed by atoms with Crippen molar-refractivity contribution in [1.29, 1.82) is 0 Å². The average molecular weight is 414 g/mol. The van der Waals surface area contributed by atoms with Gasteiger partial charge in [-0.3, -0.25) is 9.69 Å². The van der Waals surface area contributed by atoms with Gasteiger partial charge in [-0.2, -0.15) is 5.10 Å². The molecule has 0 radical (unpaired) electrons. The number of likely N-dealkylation sites (N-methyl/N-ethyl adjacent to an activating group) is 1. The summed E-state index contributed by atoms with van der Waals surface area (Å²) in [5, 5.41) is 10.4. The molecule has 0 saturated carbocycles. The second-order valence-electron chi connectivity index (χ2n) is 6.80. The SMILES string of the molecule is CN(CC(=O)N1N=C(c2cccs2)C[C@H]1c1cccs1)Cc1ccc(F)cc1. The van der Waals surface area contributed by atoms with Crippen LogP contribution in [0.2, 0.25) is 0 Å². The lowest BCUT2D eigenvalue weighted by Crippen LogP contribution is -2.36. The fourth-order valence-electron chi connectivity index (χ4n) is 3.30. The smallest absolute Gasteiger partial charge is 0.257 e. The molecule has 144 valence electrons. The summed E-state index contributed by atoms with van der Waals surface area (Å²) in [6, 6.07) is 14.4. The maximum Gasteiger partial charge on any atom is 0.257 e. The number of hydrogen-bond donors (Lipinski definition) is 0. The molecule has 0 unspecified atom stereocenters. The largest absolute Gasteiger partial charge is 0.293 e. The molecule has 0 N–H and O–H groups in total. The van der Waals surface area contributed by atoms with Crippen molar-refractivity contribution in [1.82, 2.24) is 9.91 Å². The number of amides is 1. The summed E-state index contributed by atoms with van der Waals surface area (Å²) in [6.07, 6.45) is 0.731. The zero-order valence-electron chi connectivity index (χ0n) is 15.4. The van der Waals surface area contributed by atoms with Gasteiger partial charge in [-0.25, -0.2) is 9.40 Å². The summed E-state index contributed by atoms with van der Waals surface area (Å²) in [4.78, 5) is 17.2. The fraction of sp³-hybridized carbons (Fsp3) is 0.238. The number of carbonyl (C=O) groups excluding carboxylic acids is 1. The van der Waals surface area contributed by atoms with Gasteiger partial charge in [-0.1, -0.05) is 24.3 Å². The Morgan fingerprint density at radius 1 is 1.18 bits per heavy atom. The topological polar surface area (TPSA) is 35.9 Å². The normalized spacial score (nSPS) is 16.6. The van der Waals surface area contributed by atoms with E-state index in [4.69, 9.17) is 0 Å². The maximum atomic E-state index is 13.1. The molecule has 1 amide bonds. The fourth-order valence-corrected chi connectivity index (χ4v) is 4.83. The lowest BCUT2D eigenvalue weighted by Gasteiger charge is -2.24. The molecular weight excluding hydrogens is 393 g/mol. The van der Waals surface area contributed by atoms with Crippen molar-refractivity contribution in [3.05, 3.63) is 80.4 Å². The number of hydrogen-bond acceptors (Lipinski definition) is 5. The van der Waals surface area contributed by atoms with E-state index in [0.29, 0.717) is 6.54 Å². The van der Waals surface area contributed by atoms with E-state index in [0.717, 1.165) is 27.5 Å². The Morgan fingerprint density at radius 3 is 2.61 bits per heavy atom. The number of thiophene rings is 2. The van der Waals surface area contributed by atoms with Gasteiger partial charge in [-0.15, -0.1) is 22.7 Å². The van der Waals surface area contributed by atoms with Gasteiger partial charge >= 0.3 is 0 Å². The molecule has 0 fully saturated rings. The highest BCUT2D eigenvalue weighted by molar-refractivity contribution is 7.12. The van der Waals surface area contributed by atoms with Crippen LogP contribution in [-0.2, 0) is 11.3 Å². The molecule has 7 heteroatoms. The van der Waals surface area contributed by atoms with Gasteiger partial charge in [0.25, 0.3) is 5.91 Å². The molecule has 1 atom stereocenters. The number of halogens is 1.